The zero-order valence-electron chi connectivity index (χ0n) is 12.4. The van der Waals surface area contributed by atoms with Gasteiger partial charge in [0, 0.05) is 30.8 Å². The highest BCUT2D eigenvalue weighted by atomic mass is 16.2. The predicted molar refractivity (Wildman–Crippen MR) is 87.4 cm³/mol. The zero-order chi connectivity index (χ0) is 15.9. The summed E-state index contributed by atoms with van der Waals surface area (Å²) >= 11 is 0. The molecule has 0 aliphatic heterocycles. The van der Waals surface area contributed by atoms with Crippen LogP contribution >= 0.6 is 0 Å². The van der Waals surface area contributed by atoms with Crippen molar-refractivity contribution in [2.24, 2.45) is 5.73 Å². The summed E-state index contributed by atoms with van der Waals surface area (Å²) in [4.78, 5) is 23.1. The fraction of sp³-hybridized carbons (Fsp3) is 0.176. The minimum atomic E-state index is -0.347. The van der Waals surface area contributed by atoms with Gasteiger partial charge in [0.2, 0.25) is 11.8 Å². The van der Waals surface area contributed by atoms with Gasteiger partial charge in [0.05, 0.1) is 0 Å². The van der Waals surface area contributed by atoms with E-state index >= 15 is 0 Å². The number of carbonyl (C=O) groups excluding carboxylic acids is 2. The first-order valence-electron chi connectivity index (χ1n) is 7.02. The van der Waals surface area contributed by atoms with E-state index < -0.39 is 0 Å². The number of nitrogens with two attached hydrogens (primary N) is 1. The molecule has 22 heavy (non-hydrogen) atoms. The maximum atomic E-state index is 12.1. The average Bonchev–Trinajstić information content (AvgIpc) is 2.47. The lowest BCUT2D eigenvalue weighted by Gasteiger charge is -2.12. The Labute approximate surface area is 129 Å². The molecule has 2 amide bonds. The lowest BCUT2D eigenvalue weighted by atomic mass is 10.0. The molecule has 0 saturated carbocycles. The van der Waals surface area contributed by atoms with Crippen molar-refractivity contribution in [1.82, 2.24) is 0 Å². The summed E-state index contributed by atoms with van der Waals surface area (Å²) in [5.74, 6) is -0.328. The molecule has 1 atom stereocenters. The summed E-state index contributed by atoms with van der Waals surface area (Å²) in [5, 5.41) is 5.46. The average molecular weight is 297 g/mol. The molecular formula is C17H19N3O2. The van der Waals surface area contributed by atoms with Gasteiger partial charge in [-0.1, -0.05) is 36.4 Å². The summed E-state index contributed by atoms with van der Waals surface area (Å²) < 4.78 is 0. The fourth-order valence-corrected chi connectivity index (χ4v) is 2.11. The molecule has 2 aromatic rings. The number of benzene rings is 2. The second-order valence-electron chi connectivity index (χ2n) is 5.03. The van der Waals surface area contributed by atoms with Crippen molar-refractivity contribution in [3.63, 3.8) is 0 Å². The van der Waals surface area contributed by atoms with E-state index in [1.807, 2.05) is 30.3 Å². The Hall–Kier alpha value is -2.66. The molecule has 5 nitrogen and oxygen atoms in total. The van der Waals surface area contributed by atoms with Crippen LogP contribution < -0.4 is 16.4 Å². The summed E-state index contributed by atoms with van der Waals surface area (Å²) in [7, 11) is 0. The Morgan fingerprint density at radius 1 is 1.00 bits per heavy atom. The second kappa shape index (κ2) is 7.38. The Balaban J connectivity index is 1.96. The first-order valence-corrected chi connectivity index (χ1v) is 7.02. The van der Waals surface area contributed by atoms with E-state index in [9.17, 15) is 9.59 Å². The van der Waals surface area contributed by atoms with Gasteiger partial charge in [0.1, 0.15) is 0 Å². The number of amides is 2. The number of anilines is 2. The van der Waals surface area contributed by atoms with Crippen LogP contribution in [-0.4, -0.2) is 11.8 Å². The predicted octanol–water partition coefficient (Wildman–Crippen LogP) is 2.67. The quantitative estimate of drug-likeness (QED) is 0.793. The van der Waals surface area contributed by atoms with Crippen molar-refractivity contribution in [3.05, 3.63) is 60.2 Å². The van der Waals surface area contributed by atoms with Crippen molar-refractivity contribution >= 4 is 23.2 Å². The number of carbonyl (C=O) groups is 2. The standard InChI is InChI=1S/C17H19N3O2/c1-12(21)19-14-8-5-9-15(10-14)20-17(22)11-16(18)13-6-3-2-4-7-13/h2-10,16H,11,18H2,1H3,(H,19,21)(H,20,22). The number of hydrogen-bond acceptors (Lipinski definition) is 3. The van der Waals surface area contributed by atoms with E-state index in [-0.39, 0.29) is 24.3 Å². The zero-order valence-corrected chi connectivity index (χ0v) is 12.4. The first-order chi connectivity index (χ1) is 10.5. The van der Waals surface area contributed by atoms with Gasteiger partial charge >= 0.3 is 0 Å². The summed E-state index contributed by atoms with van der Waals surface area (Å²) in [6.07, 6.45) is 0.189. The third-order valence-corrected chi connectivity index (χ3v) is 3.10. The SMILES string of the molecule is CC(=O)Nc1cccc(NC(=O)CC(N)c2ccccc2)c1. The van der Waals surface area contributed by atoms with Gasteiger partial charge in [-0.2, -0.15) is 0 Å². The van der Waals surface area contributed by atoms with Crippen LogP contribution in [0.1, 0.15) is 24.9 Å². The monoisotopic (exact) mass is 297 g/mol. The van der Waals surface area contributed by atoms with Crippen LogP contribution in [0, 0.1) is 0 Å². The Kier molecular flexibility index (Phi) is 5.27. The molecule has 114 valence electrons. The van der Waals surface area contributed by atoms with E-state index in [4.69, 9.17) is 5.73 Å². The molecule has 4 N–H and O–H groups in total. The third-order valence-electron chi connectivity index (χ3n) is 3.10. The largest absolute Gasteiger partial charge is 0.326 e. The Morgan fingerprint density at radius 3 is 2.27 bits per heavy atom. The maximum Gasteiger partial charge on any atom is 0.226 e. The normalized spacial score (nSPS) is 11.5. The first kappa shape index (κ1) is 15.7. The molecule has 0 spiro atoms. The van der Waals surface area contributed by atoms with Crippen LogP contribution in [-0.2, 0) is 9.59 Å². The smallest absolute Gasteiger partial charge is 0.226 e. The molecule has 5 heteroatoms. The molecule has 0 radical (unpaired) electrons. The van der Waals surface area contributed by atoms with E-state index in [1.54, 1.807) is 24.3 Å². The molecule has 0 aliphatic rings. The molecular weight excluding hydrogens is 278 g/mol. The van der Waals surface area contributed by atoms with Gasteiger partial charge in [0.15, 0.2) is 0 Å². The van der Waals surface area contributed by atoms with Crippen LogP contribution in [0.5, 0.6) is 0 Å². The molecule has 0 aromatic heterocycles. The minimum Gasteiger partial charge on any atom is -0.326 e. The lowest BCUT2D eigenvalue weighted by Crippen LogP contribution is -2.20. The number of hydrogen-bond donors (Lipinski definition) is 3. The highest BCUT2D eigenvalue weighted by Gasteiger charge is 2.11. The summed E-state index contributed by atoms with van der Waals surface area (Å²) in [5.41, 5.74) is 8.21. The highest BCUT2D eigenvalue weighted by molar-refractivity contribution is 5.93. The van der Waals surface area contributed by atoms with Gasteiger partial charge in [-0.25, -0.2) is 0 Å². The molecule has 2 rings (SSSR count). The van der Waals surface area contributed by atoms with Crippen LogP contribution in [0.4, 0.5) is 11.4 Å². The van der Waals surface area contributed by atoms with E-state index in [1.165, 1.54) is 6.92 Å². The van der Waals surface area contributed by atoms with Gasteiger partial charge in [0.25, 0.3) is 0 Å². The second-order valence-corrected chi connectivity index (χ2v) is 5.03. The van der Waals surface area contributed by atoms with Crippen LogP contribution in [0.3, 0.4) is 0 Å². The van der Waals surface area contributed by atoms with Gasteiger partial charge in [-0.15, -0.1) is 0 Å². The van der Waals surface area contributed by atoms with Crippen LogP contribution in [0.2, 0.25) is 0 Å². The molecule has 0 bridgehead atoms. The maximum absolute atomic E-state index is 12.1. The van der Waals surface area contributed by atoms with E-state index in [0.29, 0.717) is 11.4 Å². The van der Waals surface area contributed by atoms with Gasteiger partial charge in [-0.3, -0.25) is 9.59 Å². The molecule has 2 aromatic carbocycles. The fourth-order valence-electron chi connectivity index (χ4n) is 2.11. The topological polar surface area (TPSA) is 84.2 Å². The van der Waals surface area contributed by atoms with Gasteiger partial charge < -0.3 is 16.4 Å². The molecule has 0 aliphatic carbocycles. The molecule has 0 saturated heterocycles. The lowest BCUT2D eigenvalue weighted by molar-refractivity contribution is -0.116. The summed E-state index contributed by atoms with van der Waals surface area (Å²) in [6.45, 7) is 1.43. The number of rotatable bonds is 5. The van der Waals surface area contributed by atoms with Crippen molar-refractivity contribution in [2.45, 2.75) is 19.4 Å². The number of nitrogens with one attached hydrogen (secondary N) is 2. The van der Waals surface area contributed by atoms with Crippen LogP contribution in [0.15, 0.2) is 54.6 Å². The minimum absolute atomic E-state index is 0.158. The molecule has 0 heterocycles. The highest BCUT2D eigenvalue weighted by Crippen LogP contribution is 2.17. The Morgan fingerprint density at radius 2 is 1.64 bits per heavy atom. The van der Waals surface area contributed by atoms with Crippen molar-refractivity contribution < 1.29 is 9.59 Å². The van der Waals surface area contributed by atoms with E-state index in [2.05, 4.69) is 10.6 Å². The Bertz CT molecular complexity index is 656. The third kappa shape index (κ3) is 4.71. The van der Waals surface area contributed by atoms with Crippen molar-refractivity contribution in [1.29, 1.82) is 0 Å². The van der Waals surface area contributed by atoms with Crippen molar-refractivity contribution in [2.75, 3.05) is 10.6 Å². The van der Waals surface area contributed by atoms with E-state index in [0.717, 1.165) is 5.56 Å². The van der Waals surface area contributed by atoms with Crippen molar-refractivity contribution in [3.8, 4) is 0 Å². The van der Waals surface area contributed by atoms with Crippen LogP contribution in [0.25, 0.3) is 0 Å². The van der Waals surface area contributed by atoms with Gasteiger partial charge in [-0.05, 0) is 23.8 Å². The summed E-state index contributed by atoms with van der Waals surface area (Å²) in [6, 6.07) is 16.1. The molecule has 0 fully saturated rings. The molecule has 1 unspecified atom stereocenters.